The number of Topliss-reactive ketones (excluding diaryl/α,β-unsaturated/α-hetero) is 1. The molecule has 0 unspecified atom stereocenters. The van der Waals surface area contributed by atoms with E-state index in [1.165, 1.54) is 0 Å². The maximum absolute atomic E-state index is 12.3. The summed E-state index contributed by atoms with van der Waals surface area (Å²) in [6, 6.07) is 9.75. The molecule has 2 aromatic rings. The Bertz CT molecular complexity index is 835. The summed E-state index contributed by atoms with van der Waals surface area (Å²) in [7, 11) is 0. The first kappa shape index (κ1) is 18.5. The topological polar surface area (TPSA) is 61.8 Å². The highest BCUT2D eigenvalue weighted by Gasteiger charge is 2.16. The first-order valence-electron chi connectivity index (χ1n) is 8.05. The summed E-state index contributed by atoms with van der Waals surface area (Å²) in [4.78, 5) is 24.2. The van der Waals surface area contributed by atoms with E-state index in [-0.39, 0.29) is 18.8 Å². The molecule has 2 aromatic carbocycles. The third kappa shape index (κ3) is 4.68. The van der Waals surface area contributed by atoms with Crippen LogP contribution in [0.5, 0.6) is 11.5 Å². The smallest absolute Gasteiger partial charge is 0.310 e. The lowest BCUT2D eigenvalue weighted by Crippen LogP contribution is -2.16. The second-order valence-corrected chi connectivity index (χ2v) is 6.55. The van der Waals surface area contributed by atoms with Crippen molar-refractivity contribution in [3.8, 4) is 11.5 Å². The van der Waals surface area contributed by atoms with Gasteiger partial charge in [-0.1, -0.05) is 29.3 Å². The minimum absolute atomic E-state index is 0.0373. The summed E-state index contributed by atoms with van der Waals surface area (Å²) < 4.78 is 16.1. The lowest BCUT2D eigenvalue weighted by Gasteiger charge is -2.09. The van der Waals surface area contributed by atoms with E-state index in [0.717, 1.165) is 6.42 Å². The van der Waals surface area contributed by atoms with Crippen molar-refractivity contribution < 1.29 is 23.8 Å². The van der Waals surface area contributed by atoms with Crippen molar-refractivity contribution in [2.75, 3.05) is 19.8 Å². The van der Waals surface area contributed by atoms with Crippen LogP contribution in [0.1, 0.15) is 22.3 Å². The molecule has 0 N–H and O–H groups in total. The Morgan fingerprint density at radius 1 is 1.00 bits per heavy atom. The summed E-state index contributed by atoms with van der Waals surface area (Å²) in [6.07, 6.45) is 0.743. The average molecular weight is 395 g/mol. The highest BCUT2D eigenvalue weighted by atomic mass is 35.5. The Balaban J connectivity index is 1.58. The highest BCUT2D eigenvalue weighted by molar-refractivity contribution is 6.35. The van der Waals surface area contributed by atoms with Gasteiger partial charge in [0.2, 0.25) is 0 Å². The van der Waals surface area contributed by atoms with Crippen LogP contribution in [0, 0.1) is 0 Å². The number of hydrogen-bond donors (Lipinski definition) is 0. The van der Waals surface area contributed by atoms with Crippen molar-refractivity contribution in [1.82, 2.24) is 0 Å². The molecule has 1 aliphatic rings. The standard InChI is InChI=1S/C19H16Cl2O5/c20-14-4-2-12(15(21)10-14)9-19(23)26-11-16(22)13-3-5-17-18(8-13)25-7-1-6-24-17/h2-5,8,10H,1,6-7,9,11H2. The Hall–Kier alpha value is -2.24. The maximum atomic E-state index is 12.3. The molecule has 0 bridgehead atoms. The molecule has 0 saturated carbocycles. The van der Waals surface area contributed by atoms with Crippen molar-refractivity contribution in [3.63, 3.8) is 0 Å². The molecule has 0 aliphatic carbocycles. The fraction of sp³-hybridized carbons (Fsp3) is 0.263. The third-order valence-corrected chi connectivity index (χ3v) is 4.37. The number of hydrogen-bond acceptors (Lipinski definition) is 5. The van der Waals surface area contributed by atoms with Gasteiger partial charge in [0, 0.05) is 22.0 Å². The molecule has 26 heavy (non-hydrogen) atoms. The Kier molecular flexibility index (Phi) is 6.01. The molecule has 0 amide bonds. The second-order valence-electron chi connectivity index (χ2n) is 5.71. The molecule has 0 fully saturated rings. The van der Waals surface area contributed by atoms with Crippen LogP contribution < -0.4 is 9.47 Å². The van der Waals surface area contributed by atoms with E-state index < -0.39 is 5.97 Å². The molecule has 0 radical (unpaired) electrons. The fourth-order valence-corrected chi connectivity index (χ4v) is 2.91. The van der Waals surface area contributed by atoms with Crippen molar-refractivity contribution in [2.45, 2.75) is 12.8 Å². The lowest BCUT2D eigenvalue weighted by atomic mass is 10.1. The van der Waals surface area contributed by atoms with Gasteiger partial charge in [-0.15, -0.1) is 0 Å². The van der Waals surface area contributed by atoms with Gasteiger partial charge in [0.25, 0.3) is 0 Å². The van der Waals surface area contributed by atoms with Crippen LogP contribution in [0.3, 0.4) is 0 Å². The summed E-state index contributed by atoms with van der Waals surface area (Å²) in [5.74, 6) is 0.258. The minimum atomic E-state index is -0.545. The monoisotopic (exact) mass is 394 g/mol. The average Bonchev–Trinajstić information content (AvgIpc) is 2.86. The first-order valence-corrected chi connectivity index (χ1v) is 8.81. The third-order valence-electron chi connectivity index (χ3n) is 3.78. The van der Waals surface area contributed by atoms with Gasteiger partial charge >= 0.3 is 5.97 Å². The number of fused-ring (bicyclic) bond motifs is 1. The van der Waals surface area contributed by atoms with Crippen LogP contribution in [0.4, 0.5) is 0 Å². The lowest BCUT2D eigenvalue weighted by molar-refractivity contribution is -0.141. The molecular formula is C19H16Cl2O5. The van der Waals surface area contributed by atoms with Gasteiger partial charge in [0.1, 0.15) is 0 Å². The van der Waals surface area contributed by atoms with Gasteiger partial charge in [0.15, 0.2) is 23.9 Å². The number of esters is 1. The van der Waals surface area contributed by atoms with Gasteiger partial charge in [-0.2, -0.15) is 0 Å². The summed E-state index contributed by atoms with van der Waals surface area (Å²) in [5.41, 5.74) is 0.982. The summed E-state index contributed by atoms with van der Waals surface area (Å²) in [6.45, 7) is 0.746. The van der Waals surface area contributed by atoms with E-state index in [1.54, 1.807) is 36.4 Å². The second kappa shape index (κ2) is 8.43. The van der Waals surface area contributed by atoms with Gasteiger partial charge in [0.05, 0.1) is 19.6 Å². The molecule has 0 spiro atoms. The van der Waals surface area contributed by atoms with E-state index >= 15 is 0 Å². The number of carbonyl (C=O) groups excluding carboxylic acids is 2. The zero-order valence-electron chi connectivity index (χ0n) is 13.8. The number of ketones is 1. The number of rotatable bonds is 5. The normalized spacial score (nSPS) is 13.0. The molecule has 7 heteroatoms. The number of ether oxygens (including phenoxy) is 3. The zero-order valence-corrected chi connectivity index (χ0v) is 15.3. The van der Waals surface area contributed by atoms with Gasteiger partial charge in [-0.3, -0.25) is 9.59 Å². The molecular weight excluding hydrogens is 379 g/mol. The van der Waals surface area contributed by atoms with E-state index in [1.807, 2.05) is 0 Å². The van der Waals surface area contributed by atoms with E-state index in [9.17, 15) is 9.59 Å². The quantitative estimate of drug-likeness (QED) is 0.563. The SMILES string of the molecule is O=C(Cc1ccc(Cl)cc1Cl)OCC(=O)c1ccc2c(c1)OCCCO2. The fourth-order valence-electron chi connectivity index (χ4n) is 2.44. The molecule has 3 rings (SSSR count). The van der Waals surface area contributed by atoms with Crippen molar-refractivity contribution in [1.29, 1.82) is 0 Å². The molecule has 136 valence electrons. The van der Waals surface area contributed by atoms with Gasteiger partial charge < -0.3 is 14.2 Å². The predicted octanol–water partition coefficient (Wildman–Crippen LogP) is 4.12. The Morgan fingerprint density at radius 2 is 1.77 bits per heavy atom. The van der Waals surface area contributed by atoms with Gasteiger partial charge in [-0.25, -0.2) is 0 Å². The molecule has 0 atom stereocenters. The van der Waals surface area contributed by atoms with Crippen LogP contribution in [0.15, 0.2) is 36.4 Å². The number of carbonyl (C=O) groups is 2. The number of benzene rings is 2. The first-order chi connectivity index (χ1) is 12.5. The van der Waals surface area contributed by atoms with Crippen molar-refractivity contribution >= 4 is 35.0 Å². The predicted molar refractivity (Wildman–Crippen MR) is 97.5 cm³/mol. The van der Waals surface area contributed by atoms with E-state index in [4.69, 9.17) is 37.4 Å². The Morgan fingerprint density at radius 3 is 2.54 bits per heavy atom. The van der Waals surface area contributed by atoms with Crippen LogP contribution in [0.25, 0.3) is 0 Å². The van der Waals surface area contributed by atoms with Gasteiger partial charge in [-0.05, 0) is 35.9 Å². The van der Waals surface area contributed by atoms with Crippen LogP contribution in [0.2, 0.25) is 10.0 Å². The summed E-state index contributed by atoms with van der Waals surface area (Å²) >= 11 is 11.8. The van der Waals surface area contributed by atoms with Crippen molar-refractivity contribution in [3.05, 3.63) is 57.6 Å². The largest absolute Gasteiger partial charge is 0.490 e. The zero-order chi connectivity index (χ0) is 18.5. The highest BCUT2D eigenvalue weighted by Crippen LogP contribution is 2.30. The van der Waals surface area contributed by atoms with Crippen LogP contribution in [-0.2, 0) is 16.0 Å². The Labute approximate surface area is 160 Å². The molecule has 5 nitrogen and oxygen atoms in total. The molecule has 0 aromatic heterocycles. The maximum Gasteiger partial charge on any atom is 0.310 e. The molecule has 0 saturated heterocycles. The molecule has 1 aliphatic heterocycles. The van der Waals surface area contributed by atoms with Crippen molar-refractivity contribution in [2.24, 2.45) is 0 Å². The molecule has 1 heterocycles. The van der Waals surface area contributed by atoms with Crippen LogP contribution in [-0.4, -0.2) is 31.6 Å². The van der Waals surface area contributed by atoms with Crippen LogP contribution >= 0.6 is 23.2 Å². The number of halogens is 2. The van der Waals surface area contributed by atoms with E-state index in [2.05, 4.69) is 0 Å². The minimum Gasteiger partial charge on any atom is -0.490 e. The van der Waals surface area contributed by atoms with E-state index in [0.29, 0.717) is 45.9 Å². The summed E-state index contributed by atoms with van der Waals surface area (Å²) in [5, 5.41) is 0.861.